The average molecular weight is 643 g/mol. The van der Waals surface area contributed by atoms with E-state index >= 15 is 0 Å². The number of esters is 1. The predicted molar refractivity (Wildman–Crippen MR) is 175 cm³/mol. The second kappa shape index (κ2) is 13.4. The van der Waals surface area contributed by atoms with E-state index in [2.05, 4.69) is 0 Å². The molecule has 232 valence electrons. The number of aromatic hydroxyl groups is 1. The van der Waals surface area contributed by atoms with Gasteiger partial charge in [-0.15, -0.1) is 0 Å². The second-order valence-corrected chi connectivity index (χ2v) is 12.3. The van der Waals surface area contributed by atoms with Gasteiger partial charge in [0.1, 0.15) is 40.8 Å². The first-order chi connectivity index (χ1) is 22.8. The molecular formula is C38H26O8S. The van der Waals surface area contributed by atoms with E-state index in [-0.39, 0.29) is 15.5 Å². The topological polar surface area (TPSA) is 116 Å². The summed E-state index contributed by atoms with van der Waals surface area (Å²) in [5, 5.41) is 9.47. The van der Waals surface area contributed by atoms with Crippen molar-refractivity contribution in [2.75, 3.05) is 0 Å². The van der Waals surface area contributed by atoms with Gasteiger partial charge in [0.15, 0.2) is 0 Å². The molecule has 0 spiro atoms. The van der Waals surface area contributed by atoms with Crippen LogP contribution in [0.5, 0.6) is 34.5 Å². The van der Waals surface area contributed by atoms with E-state index in [9.17, 15) is 23.1 Å². The van der Waals surface area contributed by atoms with Gasteiger partial charge >= 0.3 is 5.97 Å². The smallest absolute Gasteiger partial charge is 0.343 e. The minimum Gasteiger partial charge on any atom is -0.508 e. The highest BCUT2D eigenvalue weighted by atomic mass is 32.2. The van der Waals surface area contributed by atoms with Crippen LogP contribution >= 0.6 is 0 Å². The number of ether oxygens (including phenoxy) is 3. The molecule has 0 aliphatic heterocycles. The molecule has 47 heavy (non-hydrogen) atoms. The van der Waals surface area contributed by atoms with Gasteiger partial charge in [-0.05, 0) is 132 Å². The lowest BCUT2D eigenvalue weighted by molar-refractivity contribution is 0.0734. The van der Waals surface area contributed by atoms with E-state index in [1.54, 1.807) is 109 Å². The number of carbonyl (C=O) groups is 2. The maximum atomic E-state index is 13.2. The van der Waals surface area contributed by atoms with Crippen LogP contribution in [0.4, 0.5) is 0 Å². The number of phenolic OH excluding ortho intramolecular Hbond substituents is 1. The van der Waals surface area contributed by atoms with Gasteiger partial charge in [-0.3, -0.25) is 4.79 Å². The fraction of sp³-hybridized carbons (Fsp3) is 0. The van der Waals surface area contributed by atoms with Gasteiger partial charge in [-0.2, -0.15) is 0 Å². The zero-order valence-electron chi connectivity index (χ0n) is 24.6. The maximum absolute atomic E-state index is 13.2. The minimum atomic E-state index is -3.80. The minimum absolute atomic E-state index is 0.0946. The molecule has 0 bridgehead atoms. The van der Waals surface area contributed by atoms with E-state index in [0.717, 1.165) is 17.4 Å². The first-order valence-electron chi connectivity index (χ1n) is 14.3. The van der Waals surface area contributed by atoms with E-state index in [4.69, 9.17) is 14.2 Å². The number of hydrogen-bond acceptors (Lipinski definition) is 8. The third kappa shape index (κ3) is 7.38. The van der Waals surface area contributed by atoms with Gasteiger partial charge < -0.3 is 19.3 Å². The summed E-state index contributed by atoms with van der Waals surface area (Å²) in [4.78, 5) is 23.7. The zero-order chi connectivity index (χ0) is 32.8. The second-order valence-electron chi connectivity index (χ2n) is 10.3. The number of phenols is 1. The standard InChI is InChI=1S/C38H26O8S/c39-25-26-1-11-31(12-2-26)44-33-17-21-36(22-18-33)47(42,43)37-23-19-34(20-24-37)45-32-15-7-29(8-16-32)38(41)46-35-13-5-28(6-14-35)27-3-9-30(40)10-4-27/h1-25,40H. The Morgan fingerprint density at radius 1 is 0.511 bits per heavy atom. The summed E-state index contributed by atoms with van der Waals surface area (Å²) in [6.07, 6.45) is 0.740. The van der Waals surface area contributed by atoms with E-state index in [0.29, 0.717) is 39.9 Å². The fourth-order valence-corrected chi connectivity index (χ4v) is 5.85. The fourth-order valence-electron chi connectivity index (χ4n) is 4.59. The summed E-state index contributed by atoms with van der Waals surface area (Å²) in [6, 6.07) is 38.9. The summed E-state index contributed by atoms with van der Waals surface area (Å²) in [5.74, 6) is 1.88. The van der Waals surface area contributed by atoms with E-state index in [1.807, 2.05) is 12.1 Å². The third-order valence-corrected chi connectivity index (χ3v) is 8.90. The number of carbonyl (C=O) groups excluding carboxylic acids is 2. The summed E-state index contributed by atoms with van der Waals surface area (Å²) in [7, 11) is -3.80. The lowest BCUT2D eigenvalue weighted by Gasteiger charge is -2.10. The van der Waals surface area contributed by atoms with Crippen LogP contribution in [0.3, 0.4) is 0 Å². The molecule has 0 aliphatic rings. The molecule has 0 amide bonds. The van der Waals surface area contributed by atoms with Crippen molar-refractivity contribution in [1.82, 2.24) is 0 Å². The molecule has 0 atom stereocenters. The predicted octanol–water partition coefficient (Wildman–Crippen LogP) is 8.51. The summed E-state index contributed by atoms with van der Waals surface area (Å²) in [5.41, 5.74) is 2.69. The van der Waals surface area contributed by atoms with E-state index < -0.39 is 15.8 Å². The van der Waals surface area contributed by atoms with Crippen LogP contribution in [0, 0.1) is 0 Å². The molecule has 1 N–H and O–H groups in total. The molecule has 8 nitrogen and oxygen atoms in total. The Hall–Kier alpha value is -6.19. The normalized spacial score (nSPS) is 11.0. The lowest BCUT2D eigenvalue weighted by Crippen LogP contribution is -2.08. The highest BCUT2D eigenvalue weighted by molar-refractivity contribution is 7.91. The molecule has 0 radical (unpaired) electrons. The lowest BCUT2D eigenvalue weighted by atomic mass is 10.1. The quantitative estimate of drug-likeness (QED) is 0.0898. The van der Waals surface area contributed by atoms with Gasteiger partial charge in [0, 0.05) is 5.56 Å². The number of sulfone groups is 1. The van der Waals surface area contributed by atoms with Crippen LogP contribution in [0.1, 0.15) is 20.7 Å². The number of aldehydes is 1. The third-order valence-electron chi connectivity index (χ3n) is 7.11. The number of benzene rings is 6. The number of hydrogen-bond donors (Lipinski definition) is 1. The highest BCUT2D eigenvalue weighted by Crippen LogP contribution is 2.29. The van der Waals surface area contributed by atoms with Gasteiger partial charge in [0.2, 0.25) is 9.84 Å². The van der Waals surface area contributed by atoms with Crippen molar-refractivity contribution >= 4 is 22.1 Å². The Morgan fingerprint density at radius 3 is 1.34 bits per heavy atom. The van der Waals surface area contributed by atoms with Crippen LogP contribution in [0.25, 0.3) is 11.1 Å². The van der Waals surface area contributed by atoms with Crippen molar-refractivity contribution in [2.24, 2.45) is 0 Å². The van der Waals surface area contributed by atoms with Gasteiger partial charge in [-0.1, -0.05) is 24.3 Å². The van der Waals surface area contributed by atoms with Crippen molar-refractivity contribution in [1.29, 1.82) is 0 Å². The van der Waals surface area contributed by atoms with Crippen LogP contribution in [-0.2, 0) is 9.84 Å². The summed E-state index contributed by atoms with van der Waals surface area (Å²) in [6.45, 7) is 0. The molecule has 0 heterocycles. The van der Waals surface area contributed by atoms with Crippen molar-refractivity contribution in [3.8, 4) is 45.6 Å². The maximum Gasteiger partial charge on any atom is 0.343 e. The molecule has 9 heteroatoms. The molecular weight excluding hydrogens is 616 g/mol. The van der Waals surface area contributed by atoms with Crippen molar-refractivity contribution in [3.05, 3.63) is 157 Å². The first-order valence-corrected chi connectivity index (χ1v) is 15.8. The Morgan fingerprint density at radius 2 is 0.894 bits per heavy atom. The molecule has 0 aliphatic carbocycles. The largest absolute Gasteiger partial charge is 0.508 e. The van der Waals surface area contributed by atoms with Gasteiger partial charge in [0.05, 0.1) is 15.4 Å². The molecule has 0 saturated heterocycles. The Kier molecular flexibility index (Phi) is 8.81. The van der Waals surface area contributed by atoms with Gasteiger partial charge in [-0.25, -0.2) is 13.2 Å². The molecule has 0 aromatic heterocycles. The molecule has 0 saturated carbocycles. The number of rotatable bonds is 10. The van der Waals surface area contributed by atoms with Crippen LogP contribution in [0.15, 0.2) is 155 Å². The Bertz CT molecular complexity index is 2100. The zero-order valence-corrected chi connectivity index (χ0v) is 25.5. The monoisotopic (exact) mass is 642 g/mol. The first kappa shape index (κ1) is 30.8. The Balaban J connectivity index is 1.05. The van der Waals surface area contributed by atoms with Crippen molar-refractivity contribution in [3.63, 3.8) is 0 Å². The van der Waals surface area contributed by atoms with Crippen molar-refractivity contribution in [2.45, 2.75) is 9.79 Å². The van der Waals surface area contributed by atoms with Gasteiger partial charge in [0.25, 0.3) is 0 Å². The summed E-state index contributed by atoms with van der Waals surface area (Å²) < 4.78 is 43.5. The van der Waals surface area contributed by atoms with Crippen LogP contribution < -0.4 is 14.2 Å². The van der Waals surface area contributed by atoms with E-state index in [1.165, 1.54) is 24.3 Å². The van der Waals surface area contributed by atoms with Crippen LogP contribution in [0.2, 0.25) is 0 Å². The average Bonchev–Trinajstić information content (AvgIpc) is 3.10. The molecule has 6 aromatic rings. The molecule has 6 aromatic carbocycles. The van der Waals surface area contributed by atoms with Crippen molar-refractivity contribution < 1.29 is 37.3 Å². The highest BCUT2D eigenvalue weighted by Gasteiger charge is 2.18. The SMILES string of the molecule is O=Cc1ccc(Oc2ccc(S(=O)(=O)c3ccc(Oc4ccc(C(=O)Oc5ccc(-c6ccc(O)cc6)cc5)cc4)cc3)cc2)cc1. The summed E-state index contributed by atoms with van der Waals surface area (Å²) >= 11 is 0. The van der Waals surface area contributed by atoms with Crippen LogP contribution in [-0.4, -0.2) is 25.8 Å². The Labute approximate surface area is 271 Å². The molecule has 0 unspecified atom stereocenters. The molecule has 6 rings (SSSR count). The molecule has 0 fully saturated rings.